The largest absolute Gasteiger partial charge is 0.376 e. The smallest absolute Gasteiger partial charge is 0.277 e. The van der Waals surface area contributed by atoms with Gasteiger partial charge in [0.15, 0.2) is 0 Å². The SMILES string of the molecule is CCN(CCc1ccncc1)C1=C(c2ccc(C)cc2)C(=O)N(CC2CCCO2)C1=O. The first-order valence-corrected chi connectivity index (χ1v) is 11.0. The second-order valence-corrected chi connectivity index (χ2v) is 8.13. The van der Waals surface area contributed by atoms with Gasteiger partial charge in [-0.3, -0.25) is 19.5 Å². The van der Waals surface area contributed by atoms with Crippen molar-refractivity contribution < 1.29 is 14.3 Å². The zero-order chi connectivity index (χ0) is 21.8. The molecule has 0 N–H and O–H groups in total. The lowest BCUT2D eigenvalue weighted by Gasteiger charge is -2.25. The summed E-state index contributed by atoms with van der Waals surface area (Å²) < 4.78 is 5.71. The predicted octanol–water partition coefficient (Wildman–Crippen LogP) is 3.21. The molecule has 1 fully saturated rings. The van der Waals surface area contributed by atoms with E-state index in [-0.39, 0.29) is 17.9 Å². The van der Waals surface area contributed by atoms with Crippen molar-refractivity contribution in [2.24, 2.45) is 0 Å². The number of ether oxygens (including phenoxy) is 1. The van der Waals surface area contributed by atoms with Gasteiger partial charge in [0.2, 0.25) is 0 Å². The molecule has 1 unspecified atom stereocenters. The fraction of sp³-hybridized carbons (Fsp3) is 0.400. The minimum absolute atomic E-state index is 0.0709. The van der Waals surface area contributed by atoms with E-state index in [9.17, 15) is 9.59 Å². The van der Waals surface area contributed by atoms with E-state index < -0.39 is 0 Å². The van der Waals surface area contributed by atoms with Crippen molar-refractivity contribution in [3.63, 3.8) is 0 Å². The number of nitrogens with zero attached hydrogens (tertiary/aromatic N) is 3. The molecular weight excluding hydrogens is 390 g/mol. The molecule has 1 atom stereocenters. The minimum Gasteiger partial charge on any atom is -0.376 e. The van der Waals surface area contributed by atoms with Gasteiger partial charge < -0.3 is 9.64 Å². The van der Waals surface area contributed by atoms with Gasteiger partial charge in [-0.2, -0.15) is 0 Å². The van der Waals surface area contributed by atoms with Crippen molar-refractivity contribution in [3.8, 4) is 0 Å². The summed E-state index contributed by atoms with van der Waals surface area (Å²) in [6.07, 6.45) is 6.10. The van der Waals surface area contributed by atoms with Crippen LogP contribution < -0.4 is 0 Å². The first-order valence-electron chi connectivity index (χ1n) is 11.0. The van der Waals surface area contributed by atoms with Gasteiger partial charge in [0.05, 0.1) is 18.2 Å². The van der Waals surface area contributed by atoms with E-state index in [2.05, 4.69) is 4.98 Å². The summed E-state index contributed by atoms with van der Waals surface area (Å²) in [5.41, 5.74) is 4.06. The average Bonchev–Trinajstić information content (AvgIpc) is 3.39. The number of imide groups is 1. The summed E-state index contributed by atoms with van der Waals surface area (Å²) in [7, 11) is 0. The highest BCUT2D eigenvalue weighted by Crippen LogP contribution is 2.33. The van der Waals surface area contributed by atoms with Crippen LogP contribution in [0.4, 0.5) is 0 Å². The molecule has 6 heteroatoms. The standard InChI is InChI=1S/C25H29N3O3/c1-3-27(15-12-19-10-13-26-14-11-19)23-22(20-8-6-18(2)7-9-20)24(29)28(25(23)30)17-21-5-4-16-31-21/h6-11,13-14,21H,3-5,12,15-17H2,1-2H3. The molecule has 4 rings (SSSR count). The monoisotopic (exact) mass is 419 g/mol. The van der Waals surface area contributed by atoms with Crippen LogP contribution in [0.2, 0.25) is 0 Å². The molecule has 1 aromatic heterocycles. The summed E-state index contributed by atoms with van der Waals surface area (Å²) >= 11 is 0. The summed E-state index contributed by atoms with van der Waals surface area (Å²) in [6.45, 7) is 6.34. The Morgan fingerprint density at radius 2 is 1.84 bits per heavy atom. The highest BCUT2D eigenvalue weighted by atomic mass is 16.5. The van der Waals surface area contributed by atoms with Gasteiger partial charge in [-0.25, -0.2) is 0 Å². The van der Waals surface area contributed by atoms with Crippen LogP contribution in [0, 0.1) is 6.92 Å². The van der Waals surface area contributed by atoms with Gasteiger partial charge in [-0.05, 0) is 56.4 Å². The zero-order valence-electron chi connectivity index (χ0n) is 18.2. The van der Waals surface area contributed by atoms with Crippen LogP contribution in [-0.4, -0.2) is 58.9 Å². The molecule has 31 heavy (non-hydrogen) atoms. The first-order chi connectivity index (χ1) is 15.1. The highest BCUT2D eigenvalue weighted by molar-refractivity contribution is 6.35. The molecule has 0 saturated carbocycles. The average molecular weight is 420 g/mol. The number of amides is 2. The van der Waals surface area contributed by atoms with Crippen molar-refractivity contribution in [2.45, 2.75) is 39.2 Å². The number of benzene rings is 1. The Bertz CT molecular complexity index is 963. The van der Waals surface area contributed by atoms with Gasteiger partial charge in [0, 0.05) is 32.1 Å². The molecule has 0 bridgehead atoms. The van der Waals surface area contributed by atoms with Gasteiger partial charge in [-0.1, -0.05) is 29.8 Å². The molecule has 2 amide bonds. The third kappa shape index (κ3) is 4.54. The molecule has 1 saturated heterocycles. The Morgan fingerprint density at radius 3 is 2.48 bits per heavy atom. The third-order valence-corrected chi connectivity index (χ3v) is 6.01. The molecule has 0 aliphatic carbocycles. The minimum atomic E-state index is -0.221. The molecule has 2 aromatic rings. The molecular formula is C25H29N3O3. The fourth-order valence-electron chi connectivity index (χ4n) is 4.24. The Labute approximate surface area is 183 Å². The number of aromatic nitrogens is 1. The first kappa shape index (κ1) is 21.2. The lowest BCUT2D eigenvalue weighted by molar-refractivity contribution is -0.139. The number of hydrogen-bond acceptors (Lipinski definition) is 5. The molecule has 6 nitrogen and oxygen atoms in total. The van der Waals surface area contributed by atoms with E-state index in [1.807, 2.05) is 55.1 Å². The highest BCUT2D eigenvalue weighted by Gasteiger charge is 2.42. The molecule has 162 valence electrons. The van der Waals surface area contributed by atoms with Gasteiger partial charge >= 0.3 is 0 Å². The van der Waals surface area contributed by atoms with E-state index in [1.165, 1.54) is 4.90 Å². The molecule has 0 radical (unpaired) electrons. The lowest BCUT2D eigenvalue weighted by Crippen LogP contribution is -2.40. The van der Waals surface area contributed by atoms with E-state index in [4.69, 9.17) is 4.74 Å². The van der Waals surface area contributed by atoms with Gasteiger partial charge in [-0.15, -0.1) is 0 Å². The number of likely N-dealkylation sites (N-methyl/N-ethyl adjacent to an activating group) is 1. The van der Waals surface area contributed by atoms with E-state index in [0.717, 1.165) is 36.0 Å². The number of hydrogen-bond donors (Lipinski definition) is 0. The van der Waals surface area contributed by atoms with Crippen LogP contribution in [0.25, 0.3) is 5.57 Å². The Kier molecular flexibility index (Phi) is 6.47. The van der Waals surface area contributed by atoms with Gasteiger partial charge in [0.1, 0.15) is 5.70 Å². The topological polar surface area (TPSA) is 62.7 Å². The molecule has 0 spiro atoms. The summed E-state index contributed by atoms with van der Waals surface area (Å²) in [5.74, 6) is -0.436. The van der Waals surface area contributed by atoms with Crippen molar-refractivity contribution in [1.29, 1.82) is 0 Å². The lowest BCUT2D eigenvalue weighted by atomic mass is 10.0. The Morgan fingerprint density at radius 1 is 1.10 bits per heavy atom. The maximum absolute atomic E-state index is 13.5. The second-order valence-electron chi connectivity index (χ2n) is 8.13. The normalized spacial score (nSPS) is 18.9. The van der Waals surface area contributed by atoms with E-state index in [0.29, 0.717) is 37.5 Å². The summed E-state index contributed by atoms with van der Waals surface area (Å²) in [4.78, 5) is 34.4. The van der Waals surface area contributed by atoms with Crippen LogP contribution in [0.5, 0.6) is 0 Å². The fourth-order valence-corrected chi connectivity index (χ4v) is 4.24. The van der Waals surface area contributed by atoms with E-state index >= 15 is 0 Å². The number of aryl methyl sites for hydroxylation is 1. The van der Waals surface area contributed by atoms with Crippen LogP contribution >= 0.6 is 0 Å². The van der Waals surface area contributed by atoms with Crippen LogP contribution in [-0.2, 0) is 20.7 Å². The molecule has 1 aromatic carbocycles. The van der Waals surface area contributed by atoms with Crippen molar-refractivity contribution in [1.82, 2.24) is 14.8 Å². The maximum Gasteiger partial charge on any atom is 0.277 e. The number of carbonyl (C=O) groups is 2. The van der Waals surface area contributed by atoms with Crippen LogP contribution in [0.3, 0.4) is 0 Å². The molecule has 2 aliphatic rings. The van der Waals surface area contributed by atoms with Crippen LogP contribution in [0.1, 0.15) is 36.5 Å². The van der Waals surface area contributed by atoms with E-state index in [1.54, 1.807) is 12.4 Å². The summed E-state index contributed by atoms with van der Waals surface area (Å²) in [5, 5.41) is 0. The Balaban J connectivity index is 1.66. The predicted molar refractivity (Wildman–Crippen MR) is 119 cm³/mol. The van der Waals surface area contributed by atoms with Crippen molar-refractivity contribution in [3.05, 3.63) is 71.2 Å². The van der Waals surface area contributed by atoms with Crippen molar-refractivity contribution >= 4 is 17.4 Å². The van der Waals surface area contributed by atoms with Crippen LogP contribution in [0.15, 0.2) is 54.5 Å². The quantitative estimate of drug-likeness (QED) is 0.615. The zero-order valence-corrected chi connectivity index (χ0v) is 18.2. The number of pyridine rings is 1. The number of rotatable bonds is 8. The van der Waals surface area contributed by atoms with Gasteiger partial charge in [0.25, 0.3) is 11.8 Å². The maximum atomic E-state index is 13.5. The number of carbonyl (C=O) groups excluding carboxylic acids is 2. The second kappa shape index (κ2) is 9.43. The third-order valence-electron chi connectivity index (χ3n) is 6.01. The molecule has 2 aliphatic heterocycles. The summed E-state index contributed by atoms with van der Waals surface area (Å²) in [6, 6.07) is 11.8. The molecule has 3 heterocycles. The Hall–Kier alpha value is -2.99. The van der Waals surface area contributed by atoms with Crippen molar-refractivity contribution in [2.75, 3.05) is 26.2 Å².